The van der Waals surface area contributed by atoms with E-state index in [9.17, 15) is 0 Å². The topological polar surface area (TPSA) is 83.5 Å². The van der Waals surface area contributed by atoms with Crippen LogP contribution in [0.2, 0.25) is 0 Å². The van der Waals surface area contributed by atoms with Gasteiger partial charge in [0.1, 0.15) is 15.7 Å². The molecule has 0 saturated carbocycles. The standard InChI is InChI=1S/C22H19N7S2/c1-29(2)12-17-24-20-18(16(13-30-20)14-6-4-3-5-7-14)21(25-17)31-22-26-19(27-28-22)15-8-10-23-11-9-15/h3-11,13H,12H2,1-2H3,(H,26,27,28). The van der Waals surface area contributed by atoms with E-state index in [4.69, 9.17) is 9.97 Å². The number of thiophene rings is 1. The van der Waals surface area contributed by atoms with Crippen LogP contribution in [-0.2, 0) is 6.54 Å². The first kappa shape index (κ1) is 19.8. The molecule has 5 rings (SSSR count). The fourth-order valence-electron chi connectivity index (χ4n) is 3.23. The summed E-state index contributed by atoms with van der Waals surface area (Å²) in [5, 5.41) is 12.1. The molecule has 0 spiro atoms. The number of nitrogens with one attached hydrogen (secondary N) is 1. The minimum absolute atomic E-state index is 0.618. The zero-order valence-electron chi connectivity index (χ0n) is 17.0. The van der Waals surface area contributed by atoms with E-state index in [-0.39, 0.29) is 0 Å². The molecular weight excluding hydrogens is 426 g/mol. The van der Waals surface area contributed by atoms with Crippen molar-refractivity contribution in [2.45, 2.75) is 16.7 Å². The molecule has 0 saturated heterocycles. The van der Waals surface area contributed by atoms with Crippen molar-refractivity contribution in [1.82, 2.24) is 35.0 Å². The van der Waals surface area contributed by atoms with Gasteiger partial charge in [0.05, 0.1) is 11.9 Å². The lowest BCUT2D eigenvalue weighted by atomic mass is 10.1. The van der Waals surface area contributed by atoms with Crippen molar-refractivity contribution in [2.75, 3.05) is 14.1 Å². The summed E-state index contributed by atoms with van der Waals surface area (Å²) in [7, 11) is 4.03. The second-order valence-corrected chi connectivity index (χ2v) is 9.00. The van der Waals surface area contributed by atoms with Crippen molar-refractivity contribution in [3.8, 4) is 22.5 Å². The summed E-state index contributed by atoms with van der Waals surface area (Å²) in [5.74, 6) is 1.49. The molecule has 7 nitrogen and oxygen atoms in total. The Labute approximate surface area is 187 Å². The minimum atomic E-state index is 0.618. The van der Waals surface area contributed by atoms with Gasteiger partial charge in [-0.15, -0.1) is 16.4 Å². The van der Waals surface area contributed by atoms with Crippen LogP contribution in [0.5, 0.6) is 0 Å². The van der Waals surface area contributed by atoms with Gasteiger partial charge in [-0.05, 0) is 43.6 Å². The van der Waals surface area contributed by atoms with Gasteiger partial charge in [-0.3, -0.25) is 10.1 Å². The highest BCUT2D eigenvalue weighted by molar-refractivity contribution is 7.99. The van der Waals surface area contributed by atoms with Crippen molar-refractivity contribution < 1.29 is 0 Å². The summed E-state index contributed by atoms with van der Waals surface area (Å²) in [4.78, 5) is 21.5. The number of pyridine rings is 1. The van der Waals surface area contributed by atoms with Crippen LogP contribution in [0, 0.1) is 0 Å². The molecule has 0 radical (unpaired) electrons. The maximum atomic E-state index is 4.89. The van der Waals surface area contributed by atoms with Crippen LogP contribution in [-0.4, -0.2) is 49.1 Å². The molecule has 31 heavy (non-hydrogen) atoms. The minimum Gasteiger partial charge on any atom is -0.302 e. The zero-order chi connectivity index (χ0) is 21.2. The fraction of sp³-hybridized carbons (Fsp3) is 0.136. The monoisotopic (exact) mass is 445 g/mol. The molecule has 0 atom stereocenters. The van der Waals surface area contributed by atoms with Crippen molar-refractivity contribution in [2.24, 2.45) is 0 Å². The van der Waals surface area contributed by atoms with Crippen molar-refractivity contribution in [3.05, 3.63) is 66.1 Å². The predicted molar refractivity (Wildman–Crippen MR) is 124 cm³/mol. The third-order valence-corrected chi connectivity index (χ3v) is 6.32. The number of rotatable bonds is 6. The normalized spacial score (nSPS) is 11.5. The molecular formula is C22H19N7S2. The number of fused-ring (bicyclic) bond motifs is 1. The summed E-state index contributed by atoms with van der Waals surface area (Å²) in [6, 6.07) is 14.1. The number of H-pyrrole nitrogens is 1. The smallest absolute Gasteiger partial charge is 0.215 e. The molecule has 0 aliphatic heterocycles. The second-order valence-electron chi connectivity index (χ2n) is 7.18. The Morgan fingerprint density at radius 3 is 2.55 bits per heavy atom. The second kappa shape index (κ2) is 8.54. The Morgan fingerprint density at radius 2 is 1.77 bits per heavy atom. The lowest BCUT2D eigenvalue weighted by Gasteiger charge is -2.10. The third-order valence-electron chi connectivity index (χ3n) is 4.60. The summed E-state index contributed by atoms with van der Waals surface area (Å²) >= 11 is 3.09. The molecule has 154 valence electrons. The van der Waals surface area contributed by atoms with Crippen LogP contribution in [0.1, 0.15) is 5.82 Å². The molecule has 0 fully saturated rings. The number of aromatic nitrogens is 6. The average Bonchev–Trinajstić information content (AvgIpc) is 3.42. The maximum Gasteiger partial charge on any atom is 0.215 e. The van der Waals surface area contributed by atoms with E-state index in [1.165, 1.54) is 11.8 Å². The Morgan fingerprint density at radius 1 is 0.968 bits per heavy atom. The van der Waals surface area contributed by atoms with Gasteiger partial charge in [0, 0.05) is 28.9 Å². The van der Waals surface area contributed by atoms with E-state index < -0.39 is 0 Å². The van der Waals surface area contributed by atoms with Gasteiger partial charge in [0.25, 0.3) is 0 Å². The summed E-state index contributed by atoms with van der Waals surface area (Å²) < 4.78 is 0. The zero-order valence-corrected chi connectivity index (χ0v) is 18.6. The first-order valence-corrected chi connectivity index (χ1v) is 11.4. The molecule has 9 heteroatoms. The summed E-state index contributed by atoms with van der Waals surface area (Å²) in [6.07, 6.45) is 3.48. The van der Waals surface area contributed by atoms with Gasteiger partial charge in [-0.25, -0.2) is 15.0 Å². The molecule has 5 aromatic rings. The lowest BCUT2D eigenvalue weighted by molar-refractivity contribution is 0.390. The summed E-state index contributed by atoms with van der Waals surface area (Å²) in [5.41, 5.74) is 3.22. The fourth-order valence-corrected chi connectivity index (χ4v) is 5.12. The first-order chi connectivity index (χ1) is 15.2. The highest BCUT2D eigenvalue weighted by Gasteiger charge is 2.18. The van der Waals surface area contributed by atoms with E-state index in [0.29, 0.717) is 17.5 Å². The van der Waals surface area contributed by atoms with Crippen molar-refractivity contribution in [3.63, 3.8) is 0 Å². The van der Waals surface area contributed by atoms with Gasteiger partial charge in [-0.2, -0.15) is 0 Å². The third kappa shape index (κ3) is 4.20. The number of aromatic amines is 1. The van der Waals surface area contributed by atoms with Crippen LogP contribution in [0.3, 0.4) is 0 Å². The van der Waals surface area contributed by atoms with Crippen molar-refractivity contribution >= 4 is 33.3 Å². The van der Waals surface area contributed by atoms with Gasteiger partial charge in [-0.1, -0.05) is 30.3 Å². The van der Waals surface area contributed by atoms with Crippen molar-refractivity contribution in [1.29, 1.82) is 0 Å². The Bertz CT molecular complexity index is 1310. The predicted octanol–water partition coefficient (Wildman–Crippen LogP) is 4.75. The van der Waals surface area contributed by atoms with Gasteiger partial charge < -0.3 is 4.90 Å². The van der Waals surface area contributed by atoms with Crippen LogP contribution in [0.25, 0.3) is 32.7 Å². The number of hydrogen-bond donors (Lipinski definition) is 1. The molecule has 0 amide bonds. The van der Waals surface area contributed by atoms with Crippen LogP contribution in [0.15, 0.2) is 70.4 Å². The SMILES string of the molecule is CN(C)Cc1nc(Sc2n[nH]c(-c3ccncc3)n2)c2c(-c3ccccc3)csc2n1. The maximum absolute atomic E-state index is 4.89. The Kier molecular flexibility index (Phi) is 5.46. The average molecular weight is 446 g/mol. The highest BCUT2D eigenvalue weighted by atomic mass is 32.2. The van der Waals surface area contributed by atoms with E-state index in [1.54, 1.807) is 23.7 Å². The number of hydrogen-bond acceptors (Lipinski definition) is 8. The van der Waals surface area contributed by atoms with Crippen LogP contribution < -0.4 is 0 Å². The Hall–Kier alpha value is -3.14. The molecule has 0 aliphatic rings. The highest BCUT2D eigenvalue weighted by Crippen LogP contribution is 2.40. The van der Waals surface area contributed by atoms with E-state index in [1.807, 2.05) is 44.4 Å². The van der Waals surface area contributed by atoms with Gasteiger partial charge in [0.15, 0.2) is 5.82 Å². The first-order valence-electron chi connectivity index (χ1n) is 9.66. The lowest BCUT2D eigenvalue weighted by Crippen LogP contribution is -2.13. The van der Waals surface area contributed by atoms with Crippen LogP contribution in [0.4, 0.5) is 0 Å². The van der Waals surface area contributed by atoms with Gasteiger partial charge >= 0.3 is 0 Å². The van der Waals surface area contributed by atoms with E-state index in [2.05, 4.69) is 42.6 Å². The molecule has 0 bridgehead atoms. The molecule has 4 heterocycles. The molecule has 1 aromatic carbocycles. The Balaban J connectivity index is 1.59. The summed E-state index contributed by atoms with van der Waals surface area (Å²) in [6.45, 7) is 0.665. The molecule has 0 unspecified atom stereocenters. The molecule has 1 N–H and O–H groups in total. The molecule has 4 aromatic heterocycles. The largest absolute Gasteiger partial charge is 0.302 e. The van der Waals surface area contributed by atoms with Crippen LogP contribution >= 0.6 is 23.1 Å². The van der Waals surface area contributed by atoms with E-state index in [0.717, 1.165) is 37.8 Å². The van der Waals surface area contributed by atoms with E-state index >= 15 is 0 Å². The van der Waals surface area contributed by atoms with Gasteiger partial charge in [0.2, 0.25) is 5.16 Å². The number of nitrogens with zero attached hydrogens (tertiary/aromatic N) is 6. The molecule has 0 aliphatic carbocycles. The quantitative estimate of drug-likeness (QED) is 0.378. The number of benzene rings is 1.